The first kappa shape index (κ1) is 16.3. The molecule has 1 aromatic carbocycles. The van der Waals surface area contributed by atoms with Crippen LogP contribution in [-0.4, -0.2) is 50.0 Å². The van der Waals surface area contributed by atoms with E-state index in [2.05, 4.69) is 33.3 Å². The molecule has 1 N–H and O–H groups in total. The zero-order valence-corrected chi connectivity index (χ0v) is 13.9. The molecular formula is C18H30NO2+. The Morgan fingerprint density at radius 2 is 1.67 bits per heavy atom. The van der Waals surface area contributed by atoms with Crippen LogP contribution in [0, 0.1) is 0 Å². The molecule has 3 heteroatoms. The Balaban J connectivity index is 2.30. The minimum Gasteiger partial charge on any atom is -0.497 e. The minimum atomic E-state index is -0.557. The smallest absolute Gasteiger partial charge is 0.118 e. The van der Waals surface area contributed by atoms with Gasteiger partial charge in [0.25, 0.3) is 0 Å². The predicted molar refractivity (Wildman–Crippen MR) is 86.7 cm³/mol. The highest BCUT2D eigenvalue weighted by atomic mass is 16.5. The molecule has 0 bridgehead atoms. The first-order chi connectivity index (χ1) is 9.84. The summed E-state index contributed by atoms with van der Waals surface area (Å²) >= 11 is 0. The highest BCUT2D eigenvalue weighted by molar-refractivity contribution is 5.31. The van der Waals surface area contributed by atoms with Crippen LogP contribution in [0.15, 0.2) is 24.3 Å². The molecule has 3 nitrogen and oxygen atoms in total. The number of hydrogen-bond donors (Lipinski definition) is 1. The van der Waals surface area contributed by atoms with Crippen molar-refractivity contribution in [1.82, 2.24) is 0 Å². The molecule has 1 saturated carbocycles. The van der Waals surface area contributed by atoms with Gasteiger partial charge < -0.3 is 14.3 Å². The van der Waals surface area contributed by atoms with Crippen LogP contribution in [0.2, 0.25) is 0 Å². The molecule has 0 spiro atoms. The molecule has 1 aliphatic rings. The fourth-order valence-electron chi connectivity index (χ4n) is 3.48. The zero-order valence-electron chi connectivity index (χ0n) is 13.9. The normalized spacial score (nSPS) is 20.0. The summed E-state index contributed by atoms with van der Waals surface area (Å²) < 4.78 is 6.11. The van der Waals surface area contributed by atoms with Crippen molar-refractivity contribution < 1.29 is 14.3 Å². The maximum Gasteiger partial charge on any atom is 0.118 e. The van der Waals surface area contributed by atoms with Crippen molar-refractivity contribution in [1.29, 1.82) is 0 Å². The van der Waals surface area contributed by atoms with Crippen molar-refractivity contribution in [2.24, 2.45) is 0 Å². The van der Waals surface area contributed by atoms with Crippen molar-refractivity contribution in [2.75, 3.05) is 34.8 Å². The van der Waals surface area contributed by atoms with Crippen LogP contribution in [-0.2, 0) is 0 Å². The summed E-state index contributed by atoms with van der Waals surface area (Å²) in [6, 6.07) is 8.24. The van der Waals surface area contributed by atoms with Gasteiger partial charge in [-0.05, 0) is 30.5 Å². The van der Waals surface area contributed by atoms with Crippen molar-refractivity contribution in [3.8, 4) is 5.75 Å². The number of methoxy groups -OCH3 is 1. The van der Waals surface area contributed by atoms with Gasteiger partial charge in [-0.25, -0.2) is 0 Å². The molecule has 2 rings (SSSR count). The van der Waals surface area contributed by atoms with Crippen molar-refractivity contribution in [3.05, 3.63) is 29.8 Å². The number of benzene rings is 1. The van der Waals surface area contributed by atoms with E-state index in [1.54, 1.807) is 7.11 Å². The van der Waals surface area contributed by atoms with Gasteiger partial charge in [-0.3, -0.25) is 0 Å². The third-order valence-electron chi connectivity index (χ3n) is 4.62. The van der Waals surface area contributed by atoms with Crippen LogP contribution in [0.4, 0.5) is 0 Å². The SMILES string of the molecule is COc1ccc(C(C[N+](C)(C)C)C2(O)CCCCC2)cc1. The molecule has 1 fully saturated rings. The fraction of sp³-hybridized carbons (Fsp3) is 0.667. The van der Waals surface area contributed by atoms with Crippen LogP contribution in [0.25, 0.3) is 0 Å². The summed E-state index contributed by atoms with van der Waals surface area (Å²) in [6.45, 7) is 0.947. The molecular weight excluding hydrogens is 262 g/mol. The summed E-state index contributed by atoms with van der Waals surface area (Å²) in [5.74, 6) is 1.06. The Kier molecular flexibility index (Phi) is 4.95. The summed E-state index contributed by atoms with van der Waals surface area (Å²) in [5.41, 5.74) is 0.673. The Bertz CT molecular complexity index is 441. The van der Waals surface area contributed by atoms with E-state index in [0.29, 0.717) is 0 Å². The van der Waals surface area contributed by atoms with Gasteiger partial charge in [-0.1, -0.05) is 31.4 Å². The van der Waals surface area contributed by atoms with Crippen LogP contribution in [0.1, 0.15) is 43.6 Å². The van der Waals surface area contributed by atoms with Crippen molar-refractivity contribution in [2.45, 2.75) is 43.6 Å². The Hall–Kier alpha value is -1.06. The second kappa shape index (κ2) is 6.37. The lowest BCUT2D eigenvalue weighted by atomic mass is 9.72. The molecule has 0 aromatic heterocycles. The highest BCUT2D eigenvalue weighted by Crippen LogP contribution is 2.41. The van der Waals surface area contributed by atoms with E-state index in [9.17, 15) is 5.11 Å². The van der Waals surface area contributed by atoms with Gasteiger partial charge in [-0.2, -0.15) is 0 Å². The average molecular weight is 292 g/mol. The maximum absolute atomic E-state index is 11.2. The number of rotatable bonds is 5. The molecule has 0 radical (unpaired) electrons. The number of nitrogens with zero attached hydrogens (tertiary/aromatic N) is 1. The lowest BCUT2D eigenvalue weighted by Gasteiger charge is -2.42. The van der Waals surface area contributed by atoms with E-state index in [1.807, 2.05) is 12.1 Å². The first-order valence-corrected chi connectivity index (χ1v) is 8.01. The summed E-state index contributed by atoms with van der Waals surface area (Å²) in [5, 5.41) is 11.2. The molecule has 1 unspecified atom stereocenters. The van der Waals surface area contributed by atoms with E-state index in [1.165, 1.54) is 12.0 Å². The third kappa shape index (κ3) is 4.21. The average Bonchev–Trinajstić information content (AvgIpc) is 2.45. The third-order valence-corrected chi connectivity index (χ3v) is 4.62. The van der Waals surface area contributed by atoms with E-state index < -0.39 is 5.60 Å². The molecule has 0 saturated heterocycles. The molecule has 0 heterocycles. The minimum absolute atomic E-state index is 0.184. The van der Waals surface area contributed by atoms with E-state index >= 15 is 0 Å². The van der Waals surface area contributed by atoms with Gasteiger partial charge in [0.2, 0.25) is 0 Å². The first-order valence-electron chi connectivity index (χ1n) is 8.01. The van der Waals surface area contributed by atoms with Gasteiger partial charge in [0.15, 0.2) is 0 Å². The number of ether oxygens (including phenoxy) is 1. The maximum atomic E-state index is 11.2. The summed E-state index contributed by atoms with van der Waals surface area (Å²) in [7, 11) is 8.28. The molecule has 1 atom stereocenters. The summed E-state index contributed by atoms with van der Waals surface area (Å²) in [6.07, 6.45) is 5.37. The lowest BCUT2D eigenvalue weighted by molar-refractivity contribution is -0.872. The van der Waals surface area contributed by atoms with Crippen LogP contribution in [0.5, 0.6) is 5.75 Å². The zero-order chi connectivity index (χ0) is 15.5. The van der Waals surface area contributed by atoms with Gasteiger partial charge in [0.1, 0.15) is 5.75 Å². The molecule has 118 valence electrons. The molecule has 0 amide bonds. The standard InChI is InChI=1S/C18H30NO2/c1-19(2,3)14-17(18(20)12-6-5-7-13-18)15-8-10-16(21-4)11-9-15/h8-11,17,20H,5-7,12-14H2,1-4H3/q+1. The van der Waals surface area contributed by atoms with Crippen LogP contribution in [0.3, 0.4) is 0 Å². The van der Waals surface area contributed by atoms with Gasteiger partial charge >= 0.3 is 0 Å². The second-order valence-electron chi connectivity index (χ2n) is 7.46. The quantitative estimate of drug-likeness (QED) is 0.845. The van der Waals surface area contributed by atoms with E-state index in [-0.39, 0.29) is 5.92 Å². The molecule has 21 heavy (non-hydrogen) atoms. The van der Waals surface area contributed by atoms with Crippen LogP contribution < -0.4 is 4.74 Å². The van der Waals surface area contributed by atoms with Crippen molar-refractivity contribution >= 4 is 0 Å². The Labute approximate surface area is 129 Å². The topological polar surface area (TPSA) is 29.5 Å². The summed E-state index contributed by atoms with van der Waals surface area (Å²) in [4.78, 5) is 0. The van der Waals surface area contributed by atoms with Gasteiger partial charge in [0, 0.05) is 0 Å². The Morgan fingerprint density at radius 1 is 1.10 bits per heavy atom. The number of likely N-dealkylation sites (N-methyl/N-ethyl adjacent to an activating group) is 1. The lowest BCUT2D eigenvalue weighted by Crippen LogP contribution is -2.48. The number of hydrogen-bond acceptors (Lipinski definition) is 2. The number of quaternary nitrogens is 1. The largest absolute Gasteiger partial charge is 0.497 e. The van der Waals surface area contributed by atoms with E-state index in [0.717, 1.165) is 42.5 Å². The number of aliphatic hydroxyl groups is 1. The predicted octanol–water partition coefficient (Wildman–Crippen LogP) is 3.18. The van der Waals surface area contributed by atoms with Crippen molar-refractivity contribution in [3.63, 3.8) is 0 Å². The van der Waals surface area contributed by atoms with Gasteiger partial charge in [0.05, 0.1) is 46.3 Å². The highest BCUT2D eigenvalue weighted by Gasteiger charge is 2.41. The fourth-order valence-corrected chi connectivity index (χ4v) is 3.48. The molecule has 1 aliphatic carbocycles. The Morgan fingerprint density at radius 3 is 2.14 bits per heavy atom. The molecule has 1 aromatic rings. The van der Waals surface area contributed by atoms with E-state index in [4.69, 9.17) is 4.74 Å². The molecule has 0 aliphatic heterocycles. The van der Waals surface area contributed by atoms with Crippen LogP contribution >= 0.6 is 0 Å². The second-order valence-corrected chi connectivity index (χ2v) is 7.46. The monoisotopic (exact) mass is 292 g/mol. The van der Waals surface area contributed by atoms with Gasteiger partial charge in [-0.15, -0.1) is 0 Å².